The second-order valence-electron chi connectivity index (χ2n) is 3.79. The van der Waals surface area contributed by atoms with Crippen LogP contribution in [0.3, 0.4) is 0 Å². The minimum Gasteiger partial charge on any atom is -0.468 e. The molecule has 6 heteroatoms. The van der Waals surface area contributed by atoms with E-state index in [4.69, 9.17) is 4.42 Å². The highest BCUT2D eigenvalue weighted by molar-refractivity contribution is 7.89. The lowest BCUT2D eigenvalue weighted by molar-refractivity contribution is 0.458. The zero-order valence-corrected chi connectivity index (χ0v) is 10.4. The number of benzene rings is 1. The summed E-state index contributed by atoms with van der Waals surface area (Å²) in [4.78, 5) is -0.372. The zero-order valence-electron chi connectivity index (χ0n) is 9.63. The minimum absolute atomic E-state index is 0.372. The molecule has 1 aromatic heterocycles. The van der Waals surface area contributed by atoms with Crippen LogP contribution in [0.4, 0.5) is 4.39 Å². The molecule has 1 atom stereocenters. The second-order valence-corrected chi connectivity index (χ2v) is 5.47. The fourth-order valence-electron chi connectivity index (χ4n) is 1.55. The Bertz CT molecular complexity index is 623. The van der Waals surface area contributed by atoms with Gasteiger partial charge in [-0.05, 0) is 31.2 Å². The molecule has 0 fully saturated rings. The third-order valence-electron chi connectivity index (χ3n) is 2.43. The standard InChI is InChI=1S/C12H12FNO3S/c1-9(11-6-4-8-17-11)14-18(15,16)12-7-3-2-5-10(12)13/h2-9,14H,1H3. The van der Waals surface area contributed by atoms with E-state index in [0.29, 0.717) is 5.76 Å². The molecular formula is C12H12FNO3S. The molecule has 2 aromatic rings. The third kappa shape index (κ3) is 2.60. The molecule has 4 nitrogen and oxygen atoms in total. The van der Waals surface area contributed by atoms with Gasteiger partial charge in [-0.1, -0.05) is 12.1 Å². The first-order valence-corrected chi connectivity index (χ1v) is 6.79. The number of hydrogen-bond acceptors (Lipinski definition) is 3. The predicted molar refractivity (Wildman–Crippen MR) is 63.8 cm³/mol. The van der Waals surface area contributed by atoms with Crippen LogP contribution < -0.4 is 4.72 Å². The van der Waals surface area contributed by atoms with Crippen molar-refractivity contribution in [2.24, 2.45) is 0 Å². The van der Waals surface area contributed by atoms with E-state index in [1.165, 1.54) is 24.5 Å². The number of halogens is 1. The summed E-state index contributed by atoms with van der Waals surface area (Å²) >= 11 is 0. The molecule has 1 unspecified atom stereocenters. The molecule has 0 bridgehead atoms. The summed E-state index contributed by atoms with van der Waals surface area (Å²) in [5.41, 5.74) is 0. The van der Waals surface area contributed by atoms with Crippen LogP contribution in [0, 0.1) is 5.82 Å². The lowest BCUT2D eigenvalue weighted by Crippen LogP contribution is -2.27. The van der Waals surface area contributed by atoms with Crippen molar-refractivity contribution < 1.29 is 17.2 Å². The summed E-state index contributed by atoms with van der Waals surface area (Å²) < 4.78 is 44.8. The van der Waals surface area contributed by atoms with Gasteiger partial charge in [0.2, 0.25) is 10.0 Å². The SMILES string of the molecule is CC(NS(=O)(=O)c1ccccc1F)c1ccco1. The summed E-state index contributed by atoms with van der Waals surface area (Å²) in [6.07, 6.45) is 1.45. The van der Waals surface area contributed by atoms with E-state index >= 15 is 0 Å². The molecule has 1 heterocycles. The van der Waals surface area contributed by atoms with Gasteiger partial charge in [0.25, 0.3) is 0 Å². The first-order valence-electron chi connectivity index (χ1n) is 5.31. The Morgan fingerprint density at radius 2 is 1.94 bits per heavy atom. The highest BCUT2D eigenvalue weighted by Crippen LogP contribution is 2.18. The number of nitrogens with one attached hydrogen (secondary N) is 1. The van der Waals surface area contributed by atoms with Gasteiger partial charge in [0, 0.05) is 0 Å². The minimum atomic E-state index is -3.90. The molecule has 0 radical (unpaired) electrons. The smallest absolute Gasteiger partial charge is 0.244 e. The van der Waals surface area contributed by atoms with Crippen LogP contribution in [0.1, 0.15) is 18.7 Å². The number of rotatable bonds is 4. The van der Waals surface area contributed by atoms with Gasteiger partial charge in [-0.2, -0.15) is 0 Å². The van der Waals surface area contributed by atoms with Gasteiger partial charge in [0.1, 0.15) is 16.5 Å². The van der Waals surface area contributed by atoms with Crippen molar-refractivity contribution in [2.75, 3.05) is 0 Å². The molecule has 18 heavy (non-hydrogen) atoms. The molecular weight excluding hydrogens is 257 g/mol. The Morgan fingerprint density at radius 1 is 1.22 bits per heavy atom. The van der Waals surface area contributed by atoms with Gasteiger partial charge in [0.05, 0.1) is 12.3 Å². The van der Waals surface area contributed by atoms with Crippen LogP contribution in [-0.4, -0.2) is 8.42 Å². The Morgan fingerprint density at radius 3 is 2.56 bits per heavy atom. The van der Waals surface area contributed by atoms with Crippen molar-refractivity contribution in [3.63, 3.8) is 0 Å². The highest BCUT2D eigenvalue weighted by Gasteiger charge is 2.22. The maximum atomic E-state index is 13.4. The van der Waals surface area contributed by atoms with Crippen molar-refractivity contribution in [1.82, 2.24) is 4.72 Å². The molecule has 0 saturated heterocycles. The molecule has 96 valence electrons. The van der Waals surface area contributed by atoms with E-state index in [0.717, 1.165) is 6.07 Å². The highest BCUT2D eigenvalue weighted by atomic mass is 32.2. The van der Waals surface area contributed by atoms with E-state index in [-0.39, 0.29) is 4.90 Å². The molecule has 0 amide bonds. The summed E-state index contributed by atoms with van der Waals surface area (Å²) in [7, 11) is -3.90. The first-order chi connectivity index (χ1) is 8.50. The maximum absolute atomic E-state index is 13.4. The normalized spacial score (nSPS) is 13.4. The first kappa shape index (κ1) is 12.8. The van der Waals surface area contributed by atoms with Crippen molar-refractivity contribution in [2.45, 2.75) is 17.9 Å². The van der Waals surface area contributed by atoms with E-state index in [2.05, 4.69) is 4.72 Å². The Kier molecular flexibility index (Phi) is 3.49. The topological polar surface area (TPSA) is 59.3 Å². The molecule has 2 rings (SSSR count). The number of sulfonamides is 1. The molecule has 0 aliphatic heterocycles. The van der Waals surface area contributed by atoms with Crippen LogP contribution in [-0.2, 0) is 10.0 Å². The third-order valence-corrected chi connectivity index (χ3v) is 4.00. The van der Waals surface area contributed by atoms with Crippen molar-refractivity contribution in [3.8, 4) is 0 Å². The average molecular weight is 269 g/mol. The van der Waals surface area contributed by atoms with Crippen LogP contribution in [0.15, 0.2) is 52.0 Å². The van der Waals surface area contributed by atoms with Gasteiger partial charge < -0.3 is 4.42 Å². The number of furan rings is 1. The summed E-state index contributed by atoms with van der Waals surface area (Å²) in [5.74, 6) is -0.313. The van der Waals surface area contributed by atoms with Gasteiger partial charge in [0.15, 0.2) is 0 Å². The molecule has 0 aliphatic rings. The van der Waals surface area contributed by atoms with E-state index in [9.17, 15) is 12.8 Å². The molecule has 1 N–H and O–H groups in total. The van der Waals surface area contributed by atoms with E-state index in [1.807, 2.05) is 0 Å². The monoisotopic (exact) mass is 269 g/mol. The van der Waals surface area contributed by atoms with Crippen molar-refractivity contribution >= 4 is 10.0 Å². The van der Waals surface area contributed by atoms with Crippen LogP contribution in [0.25, 0.3) is 0 Å². The quantitative estimate of drug-likeness (QED) is 0.927. The lowest BCUT2D eigenvalue weighted by Gasteiger charge is -2.12. The lowest BCUT2D eigenvalue weighted by atomic mass is 10.3. The van der Waals surface area contributed by atoms with E-state index in [1.54, 1.807) is 19.1 Å². The van der Waals surface area contributed by atoms with Crippen molar-refractivity contribution in [3.05, 3.63) is 54.2 Å². The van der Waals surface area contributed by atoms with Gasteiger partial charge >= 0.3 is 0 Å². The Balaban J connectivity index is 2.26. The van der Waals surface area contributed by atoms with Gasteiger partial charge in [-0.25, -0.2) is 17.5 Å². The Hall–Kier alpha value is -1.66. The maximum Gasteiger partial charge on any atom is 0.244 e. The molecule has 0 saturated carbocycles. The largest absolute Gasteiger partial charge is 0.468 e. The van der Waals surface area contributed by atoms with Crippen LogP contribution >= 0.6 is 0 Å². The summed E-state index contributed by atoms with van der Waals surface area (Å²) in [5, 5.41) is 0. The zero-order chi connectivity index (χ0) is 13.2. The van der Waals surface area contributed by atoms with Crippen LogP contribution in [0.2, 0.25) is 0 Å². The summed E-state index contributed by atoms with van der Waals surface area (Å²) in [6.45, 7) is 1.62. The molecule has 1 aromatic carbocycles. The van der Waals surface area contributed by atoms with Crippen molar-refractivity contribution in [1.29, 1.82) is 0 Å². The number of hydrogen-bond donors (Lipinski definition) is 1. The fourth-order valence-corrected chi connectivity index (χ4v) is 2.85. The second kappa shape index (κ2) is 4.91. The predicted octanol–water partition coefficient (Wildman–Crippen LogP) is 2.46. The fraction of sp³-hybridized carbons (Fsp3) is 0.167. The average Bonchev–Trinajstić information content (AvgIpc) is 2.82. The Labute approximate surface area is 104 Å². The molecule has 0 spiro atoms. The van der Waals surface area contributed by atoms with Crippen LogP contribution in [0.5, 0.6) is 0 Å². The molecule has 0 aliphatic carbocycles. The van der Waals surface area contributed by atoms with Gasteiger partial charge in [-0.15, -0.1) is 0 Å². The van der Waals surface area contributed by atoms with E-state index < -0.39 is 21.9 Å². The van der Waals surface area contributed by atoms with Gasteiger partial charge in [-0.3, -0.25) is 0 Å². The summed E-state index contributed by atoms with van der Waals surface area (Å²) in [6, 6.07) is 7.96.